The quantitative estimate of drug-likeness (QED) is 0.779. The van der Waals surface area contributed by atoms with E-state index in [1.165, 1.54) is 36.0 Å². The number of benzene rings is 1. The Morgan fingerprint density at radius 3 is 3.05 bits per heavy atom. The Morgan fingerprint density at radius 2 is 2.32 bits per heavy atom. The second kappa shape index (κ2) is 6.76. The lowest BCUT2D eigenvalue weighted by molar-refractivity contribution is 0.320. The summed E-state index contributed by atoms with van der Waals surface area (Å²) in [7, 11) is 0. The van der Waals surface area contributed by atoms with Gasteiger partial charge in [-0.2, -0.15) is 0 Å². The average Bonchev–Trinajstić information content (AvgIpc) is 2.39. The third-order valence-electron chi connectivity index (χ3n) is 3.68. The van der Waals surface area contributed by atoms with Crippen LogP contribution in [0.2, 0.25) is 0 Å². The standard InChI is InChI=1S/C17H25NO/c1-4-18-17-7-5-6-14-12-15(8-9-16(14)17)19-11-10-13(2)3/h8-9,12,17-18H,2,4-7,10-11H2,1,3H3. The van der Waals surface area contributed by atoms with Crippen LogP contribution in [0.5, 0.6) is 5.75 Å². The maximum Gasteiger partial charge on any atom is 0.119 e. The molecule has 0 bridgehead atoms. The number of ether oxygens (including phenoxy) is 1. The van der Waals surface area contributed by atoms with Crippen LogP contribution in [0.1, 0.15) is 50.3 Å². The van der Waals surface area contributed by atoms with Gasteiger partial charge in [0.2, 0.25) is 0 Å². The smallest absolute Gasteiger partial charge is 0.119 e. The summed E-state index contributed by atoms with van der Waals surface area (Å²) in [4.78, 5) is 0. The zero-order valence-corrected chi connectivity index (χ0v) is 12.2. The number of hydrogen-bond donors (Lipinski definition) is 1. The van der Waals surface area contributed by atoms with Gasteiger partial charge in [-0.25, -0.2) is 0 Å². The monoisotopic (exact) mass is 259 g/mol. The van der Waals surface area contributed by atoms with Gasteiger partial charge in [0.25, 0.3) is 0 Å². The van der Waals surface area contributed by atoms with E-state index in [-0.39, 0.29) is 0 Å². The van der Waals surface area contributed by atoms with Gasteiger partial charge < -0.3 is 10.1 Å². The normalized spacial score (nSPS) is 17.9. The first-order valence-electron chi connectivity index (χ1n) is 7.34. The van der Waals surface area contributed by atoms with Crippen molar-refractivity contribution in [2.45, 2.75) is 45.6 Å². The number of rotatable bonds is 6. The van der Waals surface area contributed by atoms with E-state index in [1.807, 2.05) is 6.92 Å². The summed E-state index contributed by atoms with van der Waals surface area (Å²) in [5, 5.41) is 3.57. The van der Waals surface area contributed by atoms with E-state index in [2.05, 4.69) is 37.0 Å². The van der Waals surface area contributed by atoms with Crippen LogP contribution in [-0.4, -0.2) is 13.2 Å². The van der Waals surface area contributed by atoms with E-state index in [0.717, 1.165) is 25.3 Å². The highest BCUT2D eigenvalue weighted by molar-refractivity contribution is 5.39. The maximum absolute atomic E-state index is 5.80. The molecule has 0 spiro atoms. The Hall–Kier alpha value is -1.28. The summed E-state index contributed by atoms with van der Waals surface area (Å²) in [6, 6.07) is 7.08. The molecule has 2 heteroatoms. The van der Waals surface area contributed by atoms with Crippen molar-refractivity contribution in [3.8, 4) is 5.75 Å². The largest absolute Gasteiger partial charge is 0.493 e. The molecule has 1 N–H and O–H groups in total. The molecule has 1 atom stereocenters. The highest BCUT2D eigenvalue weighted by Crippen LogP contribution is 2.32. The van der Waals surface area contributed by atoms with Gasteiger partial charge in [-0.3, -0.25) is 0 Å². The van der Waals surface area contributed by atoms with Crippen LogP contribution in [0.25, 0.3) is 0 Å². The second-order valence-electron chi connectivity index (χ2n) is 5.42. The fourth-order valence-electron chi connectivity index (χ4n) is 2.68. The Labute approximate surface area is 116 Å². The lowest BCUT2D eigenvalue weighted by atomic mass is 9.87. The topological polar surface area (TPSA) is 21.3 Å². The Balaban J connectivity index is 2.04. The zero-order valence-electron chi connectivity index (χ0n) is 12.2. The molecule has 0 aliphatic heterocycles. The molecule has 1 aromatic carbocycles. The number of nitrogens with one attached hydrogen (secondary N) is 1. The van der Waals surface area contributed by atoms with Gasteiger partial charge >= 0.3 is 0 Å². The molecule has 0 fully saturated rings. The van der Waals surface area contributed by atoms with E-state index in [1.54, 1.807) is 0 Å². The summed E-state index contributed by atoms with van der Waals surface area (Å²) in [6.45, 7) is 9.86. The molecular formula is C17H25NO. The lowest BCUT2D eigenvalue weighted by Crippen LogP contribution is -2.24. The first kappa shape index (κ1) is 14.1. The van der Waals surface area contributed by atoms with Crippen molar-refractivity contribution < 1.29 is 4.74 Å². The molecule has 1 aliphatic rings. The third-order valence-corrected chi connectivity index (χ3v) is 3.68. The van der Waals surface area contributed by atoms with Gasteiger partial charge in [0.05, 0.1) is 6.61 Å². The number of aryl methyl sites for hydroxylation is 1. The van der Waals surface area contributed by atoms with Crippen LogP contribution in [0.15, 0.2) is 30.4 Å². The van der Waals surface area contributed by atoms with Gasteiger partial charge in [0, 0.05) is 12.5 Å². The van der Waals surface area contributed by atoms with Gasteiger partial charge in [-0.15, -0.1) is 6.58 Å². The van der Waals surface area contributed by atoms with E-state index >= 15 is 0 Å². The number of hydrogen-bond acceptors (Lipinski definition) is 2. The highest BCUT2D eigenvalue weighted by atomic mass is 16.5. The van der Waals surface area contributed by atoms with E-state index in [0.29, 0.717) is 6.04 Å². The summed E-state index contributed by atoms with van der Waals surface area (Å²) in [5.41, 5.74) is 4.08. The van der Waals surface area contributed by atoms with Crippen LogP contribution in [0.3, 0.4) is 0 Å². The van der Waals surface area contributed by atoms with Crippen molar-refractivity contribution in [1.82, 2.24) is 5.32 Å². The van der Waals surface area contributed by atoms with Crippen molar-refractivity contribution >= 4 is 0 Å². The predicted octanol–water partition coefficient (Wildman–Crippen LogP) is 4.02. The Kier molecular flexibility index (Phi) is 5.03. The third kappa shape index (κ3) is 3.84. The van der Waals surface area contributed by atoms with E-state index in [9.17, 15) is 0 Å². The zero-order chi connectivity index (χ0) is 13.7. The molecular weight excluding hydrogens is 234 g/mol. The van der Waals surface area contributed by atoms with Gasteiger partial charge in [0.15, 0.2) is 0 Å². The molecule has 2 nitrogen and oxygen atoms in total. The SMILES string of the molecule is C=C(C)CCOc1ccc2c(c1)CCCC2NCC. The molecule has 2 rings (SSSR count). The highest BCUT2D eigenvalue weighted by Gasteiger charge is 2.19. The first-order valence-corrected chi connectivity index (χ1v) is 7.34. The molecule has 0 saturated heterocycles. The fraction of sp³-hybridized carbons (Fsp3) is 0.529. The Bertz CT molecular complexity index is 439. The molecule has 0 aromatic heterocycles. The summed E-state index contributed by atoms with van der Waals surface area (Å²) < 4.78 is 5.80. The summed E-state index contributed by atoms with van der Waals surface area (Å²) >= 11 is 0. The lowest BCUT2D eigenvalue weighted by Gasteiger charge is -2.26. The molecule has 0 radical (unpaired) electrons. The predicted molar refractivity (Wildman–Crippen MR) is 80.7 cm³/mol. The summed E-state index contributed by atoms with van der Waals surface area (Å²) in [6.07, 6.45) is 4.61. The van der Waals surface area contributed by atoms with Crippen LogP contribution in [0, 0.1) is 0 Å². The maximum atomic E-state index is 5.80. The average molecular weight is 259 g/mol. The van der Waals surface area contributed by atoms with E-state index < -0.39 is 0 Å². The molecule has 104 valence electrons. The van der Waals surface area contributed by atoms with Gasteiger partial charge in [-0.1, -0.05) is 18.6 Å². The molecule has 1 aliphatic carbocycles. The number of fused-ring (bicyclic) bond motifs is 1. The second-order valence-corrected chi connectivity index (χ2v) is 5.42. The van der Waals surface area contributed by atoms with E-state index in [4.69, 9.17) is 4.74 Å². The van der Waals surface area contributed by atoms with Crippen molar-refractivity contribution in [3.63, 3.8) is 0 Å². The van der Waals surface area contributed by atoms with Gasteiger partial charge in [-0.05, 0) is 56.0 Å². The first-order chi connectivity index (χ1) is 9.20. The van der Waals surface area contributed by atoms with Gasteiger partial charge in [0.1, 0.15) is 5.75 Å². The van der Waals surface area contributed by atoms with Crippen LogP contribution < -0.4 is 10.1 Å². The minimum atomic E-state index is 0.526. The molecule has 0 heterocycles. The van der Waals surface area contributed by atoms with Crippen molar-refractivity contribution in [1.29, 1.82) is 0 Å². The van der Waals surface area contributed by atoms with Crippen molar-refractivity contribution in [3.05, 3.63) is 41.5 Å². The van der Waals surface area contributed by atoms with Crippen LogP contribution >= 0.6 is 0 Å². The van der Waals surface area contributed by atoms with Crippen LogP contribution in [-0.2, 0) is 6.42 Å². The molecule has 0 amide bonds. The molecule has 1 unspecified atom stereocenters. The molecule has 1 aromatic rings. The van der Waals surface area contributed by atoms with Crippen LogP contribution in [0.4, 0.5) is 0 Å². The minimum Gasteiger partial charge on any atom is -0.493 e. The summed E-state index contributed by atoms with van der Waals surface area (Å²) in [5.74, 6) is 0.997. The minimum absolute atomic E-state index is 0.526. The molecule has 0 saturated carbocycles. The van der Waals surface area contributed by atoms with Crippen molar-refractivity contribution in [2.24, 2.45) is 0 Å². The Morgan fingerprint density at radius 1 is 1.47 bits per heavy atom. The van der Waals surface area contributed by atoms with Crippen molar-refractivity contribution in [2.75, 3.05) is 13.2 Å². The fourth-order valence-corrected chi connectivity index (χ4v) is 2.68. The molecule has 19 heavy (non-hydrogen) atoms.